The van der Waals surface area contributed by atoms with Gasteiger partial charge in [-0.15, -0.1) is 0 Å². The summed E-state index contributed by atoms with van der Waals surface area (Å²) in [5, 5.41) is 26.8. The second kappa shape index (κ2) is 18.5. The maximum Gasteiger partial charge on any atom is 0.208 e. The van der Waals surface area contributed by atoms with E-state index in [2.05, 4.69) is 52.4 Å². The lowest BCUT2D eigenvalue weighted by molar-refractivity contribution is -0.404. The van der Waals surface area contributed by atoms with Crippen molar-refractivity contribution in [3.05, 3.63) is 130 Å². The third-order valence-corrected chi connectivity index (χ3v) is 11.8. The summed E-state index contributed by atoms with van der Waals surface area (Å²) in [5.74, 6) is 3.17. The SMILES string of the molecule is COc1c(OCCCCCOc2cn3c(c2OC)C=[N+]([O-])C2=CC=C(c4cccc(N)c4)CC2C3)cn2c1C=[N+]([O-])C1=CC=C(c3ccc(OCCCN(C)C)cc3)CC1C2. The van der Waals surface area contributed by atoms with Gasteiger partial charge in [0.1, 0.15) is 5.75 Å². The van der Waals surface area contributed by atoms with Crippen LogP contribution in [0.2, 0.25) is 0 Å². The first-order valence-corrected chi connectivity index (χ1v) is 21.2. The Balaban J connectivity index is 0.830. The number of nitrogens with two attached hydrogens (primary N) is 1. The summed E-state index contributed by atoms with van der Waals surface area (Å²) >= 11 is 0. The van der Waals surface area contributed by atoms with Crippen molar-refractivity contribution in [2.75, 3.05) is 60.4 Å². The predicted molar refractivity (Wildman–Crippen MR) is 239 cm³/mol. The Morgan fingerprint density at radius 1 is 0.672 bits per heavy atom. The summed E-state index contributed by atoms with van der Waals surface area (Å²) in [6, 6.07) is 16.1. The molecule has 13 heteroatoms. The average Bonchev–Trinajstić information content (AvgIpc) is 3.66. The monoisotopic (exact) mass is 828 g/mol. The summed E-state index contributed by atoms with van der Waals surface area (Å²) in [7, 11) is 7.34. The maximum atomic E-state index is 13.4. The van der Waals surface area contributed by atoms with Crippen LogP contribution in [0.3, 0.4) is 0 Å². The summed E-state index contributed by atoms with van der Waals surface area (Å²) in [6.07, 6.45) is 19.9. The number of allylic oxidation sites excluding steroid dienone is 8. The molecular formula is C48H56N6O7. The van der Waals surface area contributed by atoms with Crippen molar-refractivity contribution >= 4 is 29.3 Å². The summed E-state index contributed by atoms with van der Waals surface area (Å²) < 4.78 is 36.1. The van der Waals surface area contributed by atoms with Gasteiger partial charge in [-0.3, -0.25) is 0 Å². The Kier molecular flexibility index (Phi) is 12.6. The van der Waals surface area contributed by atoms with Crippen molar-refractivity contribution in [3.63, 3.8) is 0 Å². The largest absolute Gasteiger partial charge is 0.618 e. The van der Waals surface area contributed by atoms with Gasteiger partial charge in [-0.05, 0) is 99.2 Å². The van der Waals surface area contributed by atoms with Crippen molar-refractivity contribution in [1.29, 1.82) is 0 Å². The molecule has 4 aromatic rings. The van der Waals surface area contributed by atoms with E-state index in [-0.39, 0.29) is 11.8 Å². The minimum Gasteiger partial charge on any atom is -0.618 e. The number of hydrogen-bond donors (Lipinski definition) is 1. The normalized spacial score (nSPS) is 18.0. The fourth-order valence-electron chi connectivity index (χ4n) is 8.67. The van der Waals surface area contributed by atoms with Gasteiger partial charge in [-0.1, -0.05) is 36.4 Å². The number of ether oxygens (including phenoxy) is 5. The van der Waals surface area contributed by atoms with Crippen LogP contribution >= 0.6 is 0 Å². The first-order chi connectivity index (χ1) is 29.7. The van der Waals surface area contributed by atoms with Gasteiger partial charge in [0, 0.05) is 37.5 Å². The summed E-state index contributed by atoms with van der Waals surface area (Å²) in [5.41, 5.74) is 14.1. The Morgan fingerprint density at radius 3 is 1.74 bits per heavy atom. The smallest absolute Gasteiger partial charge is 0.208 e. The Morgan fingerprint density at radius 2 is 1.21 bits per heavy atom. The van der Waals surface area contributed by atoms with Crippen LogP contribution in [-0.2, 0) is 13.1 Å². The number of hydroxylamine groups is 2. The molecule has 61 heavy (non-hydrogen) atoms. The van der Waals surface area contributed by atoms with E-state index >= 15 is 0 Å². The van der Waals surface area contributed by atoms with Gasteiger partial charge in [-0.2, -0.15) is 9.48 Å². The first-order valence-electron chi connectivity index (χ1n) is 21.2. The molecular weight excluding hydrogens is 773 g/mol. The van der Waals surface area contributed by atoms with Crippen molar-refractivity contribution in [2.24, 2.45) is 11.8 Å². The topological polar surface area (TPSA) is 137 Å². The molecule has 2 aromatic carbocycles. The molecule has 2 N–H and O–H groups in total. The van der Waals surface area contributed by atoms with E-state index in [4.69, 9.17) is 29.4 Å². The maximum absolute atomic E-state index is 13.4. The van der Waals surface area contributed by atoms with E-state index < -0.39 is 0 Å². The lowest BCUT2D eigenvalue weighted by Gasteiger charge is -2.22. The highest BCUT2D eigenvalue weighted by molar-refractivity contribution is 5.82. The van der Waals surface area contributed by atoms with Gasteiger partial charge in [0.05, 0.1) is 58.3 Å². The molecule has 2 aromatic heterocycles. The zero-order chi connectivity index (χ0) is 42.5. The van der Waals surface area contributed by atoms with E-state index in [0.29, 0.717) is 73.0 Å². The number of nitrogen functional groups attached to an aromatic ring is 1. The van der Waals surface area contributed by atoms with Crippen molar-refractivity contribution < 1.29 is 33.2 Å². The summed E-state index contributed by atoms with van der Waals surface area (Å²) in [6.45, 7) is 3.87. The second-order valence-corrected chi connectivity index (χ2v) is 16.3. The van der Waals surface area contributed by atoms with E-state index in [9.17, 15) is 10.4 Å². The minimum atomic E-state index is -0.0163. The number of anilines is 1. The molecule has 0 spiro atoms. The molecule has 4 aliphatic rings. The molecule has 2 atom stereocenters. The van der Waals surface area contributed by atoms with Gasteiger partial charge in [-0.25, -0.2) is 0 Å². The van der Waals surface area contributed by atoms with Gasteiger partial charge in [0.15, 0.2) is 45.8 Å². The zero-order valence-electron chi connectivity index (χ0n) is 35.5. The molecule has 13 nitrogen and oxygen atoms in total. The first kappa shape index (κ1) is 41.4. The number of methoxy groups -OCH3 is 2. The number of fused-ring (bicyclic) bond motifs is 4. The van der Waals surface area contributed by atoms with Gasteiger partial charge in [0.2, 0.25) is 12.4 Å². The van der Waals surface area contributed by atoms with Crippen LogP contribution in [0.4, 0.5) is 5.69 Å². The number of aromatic nitrogens is 2. The number of unbranched alkanes of at least 4 members (excludes halogenated alkanes) is 2. The number of benzene rings is 2. The van der Waals surface area contributed by atoms with Gasteiger partial charge < -0.3 is 53.9 Å². The molecule has 0 amide bonds. The molecule has 320 valence electrons. The van der Waals surface area contributed by atoms with E-state index in [1.807, 2.05) is 61.0 Å². The van der Waals surface area contributed by atoms with E-state index in [1.165, 1.54) is 5.57 Å². The minimum absolute atomic E-state index is 0.0139. The number of hydrogen-bond acceptors (Lipinski definition) is 9. The molecule has 0 saturated carbocycles. The van der Waals surface area contributed by atoms with Crippen LogP contribution in [0.5, 0.6) is 28.7 Å². The lowest BCUT2D eigenvalue weighted by atomic mass is 9.87. The number of rotatable bonds is 17. The molecule has 0 radical (unpaired) electrons. The zero-order valence-corrected chi connectivity index (χ0v) is 35.5. The van der Waals surface area contributed by atoms with E-state index in [1.54, 1.807) is 26.6 Å². The van der Waals surface area contributed by atoms with Crippen molar-refractivity contribution in [2.45, 2.75) is 51.6 Å². The Bertz CT molecular complexity index is 2420. The fourth-order valence-corrected chi connectivity index (χ4v) is 8.67. The third-order valence-electron chi connectivity index (χ3n) is 11.8. The summed E-state index contributed by atoms with van der Waals surface area (Å²) in [4.78, 5) is 2.15. The predicted octanol–water partition coefficient (Wildman–Crippen LogP) is 7.71. The van der Waals surface area contributed by atoms with Crippen LogP contribution in [0.25, 0.3) is 11.1 Å². The number of nitrogens with zero attached hydrogens (tertiary/aromatic N) is 5. The Labute approximate surface area is 357 Å². The highest BCUT2D eigenvalue weighted by Gasteiger charge is 2.34. The fraction of sp³-hybridized carbons (Fsp3) is 0.375. The molecule has 0 fully saturated rings. The quantitative estimate of drug-likeness (QED) is 0.0491. The average molecular weight is 829 g/mol. The molecule has 2 aliphatic carbocycles. The second-order valence-electron chi connectivity index (χ2n) is 16.3. The molecule has 4 heterocycles. The van der Waals surface area contributed by atoms with Crippen LogP contribution < -0.4 is 29.4 Å². The lowest BCUT2D eigenvalue weighted by Crippen LogP contribution is -2.19. The van der Waals surface area contributed by atoms with Crippen molar-refractivity contribution in [1.82, 2.24) is 14.0 Å². The molecule has 0 bridgehead atoms. The van der Waals surface area contributed by atoms with Gasteiger partial charge in [0.25, 0.3) is 0 Å². The molecule has 0 saturated heterocycles. The third kappa shape index (κ3) is 9.22. The Hall–Kier alpha value is -6.34. The highest BCUT2D eigenvalue weighted by Crippen LogP contribution is 2.41. The van der Waals surface area contributed by atoms with Gasteiger partial charge >= 0.3 is 0 Å². The molecule has 2 aliphatic heterocycles. The molecule has 2 unspecified atom stereocenters. The van der Waals surface area contributed by atoms with Crippen LogP contribution in [0.1, 0.15) is 61.0 Å². The van der Waals surface area contributed by atoms with Crippen LogP contribution in [-0.4, -0.2) is 90.6 Å². The van der Waals surface area contributed by atoms with E-state index in [0.717, 1.165) is 88.4 Å². The highest BCUT2D eigenvalue weighted by atomic mass is 16.5. The standard InChI is InChI=1S/C48H56N6O7/c1-50(2)20-9-23-59-40-16-12-33(13-17-40)35-14-18-41-37(24-35)27-51-31-45(47(57-3)43(51)29-53(41)55)60-21-6-5-7-22-61-46-32-52-28-38-25-36(34-10-8-11-39(49)26-34)15-19-42(38)54(56)30-44(52)48(46)58-4/h8,10-19,26,29-32,37-38H,5-7,9,20-25,27-28,49H2,1-4H3. The van der Waals surface area contributed by atoms with Crippen LogP contribution in [0.15, 0.2) is 96.6 Å². The van der Waals surface area contributed by atoms with Crippen LogP contribution in [0, 0.1) is 22.3 Å². The molecule has 8 rings (SSSR count). The van der Waals surface area contributed by atoms with Crippen molar-refractivity contribution in [3.8, 4) is 28.7 Å².